The monoisotopic (exact) mass is 456 g/mol. The summed E-state index contributed by atoms with van der Waals surface area (Å²) in [5, 5.41) is 37.1. The predicted octanol–water partition coefficient (Wildman–Crippen LogP) is 6.34. The van der Waals surface area contributed by atoms with Crippen molar-refractivity contribution in [2.24, 2.45) is 9.98 Å². The highest BCUT2D eigenvalue weighted by molar-refractivity contribution is 7.39. The Bertz CT molecular complexity index is 1480. The first-order chi connectivity index (χ1) is 15.1. The fourth-order valence-corrected chi connectivity index (χ4v) is 8.84. The number of rotatable bonds is 2. The molecule has 0 aliphatic heterocycles. The molecule has 2 aliphatic rings. The summed E-state index contributed by atoms with van der Waals surface area (Å²) in [6.45, 7) is 0. The molecular weight excluding hydrogens is 444 g/mol. The van der Waals surface area contributed by atoms with Gasteiger partial charge in [0.15, 0.2) is 0 Å². The van der Waals surface area contributed by atoms with E-state index >= 15 is 0 Å². The van der Waals surface area contributed by atoms with Crippen molar-refractivity contribution < 1.29 is 0 Å². The third kappa shape index (κ3) is 2.91. The van der Waals surface area contributed by atoms with Gasteiger partial charge < -0.3 is 0 Å². The van der Waals surface area contributed by atoms with Gasteiger partial charge in [0, 0.05) is 20.6 Å². The van der Waals surface area contributed by atoms with Crippen LogP contribution in [-0.2, 0) is 5.41 Å². The highest BCUT2D eigenvalue weighted by Crippen LogP contribution is 2.59. The van der Waals surface area contributed by atoms with Gasteiger partial charge in [-0.25, -0.2) is 9.98 Å². The van der Waals surface area contributed by atoms with Crippen molar-refractivity contribution in [1.82, 2.24) is 0 Å². The third-order valence-electron chi connectivity index (χ3n) is 5.82. The highest BCUT2D eigenvalue weighted by Gasteiger charge is 2.46. The Morgan fingerprint density at radius 1 is 0.806 bits per heavy atom. The minimum Gasteiger partial charge on any atom is -0.231 e. The first-order valence-corrected chi connectivity index (χ1v) is 12.1. The van der Waals surface area contributed by atoms with Crippen LogP contribution >= 0.6 is 34.0 Å². The number of hydrogen-bond acceptors (Lipinski definition) is 9. The van der Waals surface area contributed by atoms with Crippen molar-refractivity contribution >= 4 is 75.3 Å². The van der Waals surface area contributed by atoms with Crippen LogP contribution in [0.1, 0.15) is 42.5 Å². The normalized spacial score (nSPS) is 16.1. The second-order valence-corrected chi connectivity index (χ2v) is 10.6. The number of fused-ring (bicyclic) bond motifs is 6. The summed E-state index contributed by atoms with van der Waals surface area (Å²) < 4.78 is 4.68. The summed E-state index contributed by atoms with van der Waals surface area (Å²) in [6.07, 6.45) is 7.39. The first-order valence-electron chi connectivity index (χ1n) is 9.63. The Kier molecular flexibility index (Phi) is 4.69. The van der Waals surface area contributed by atoms with E-state index in [9.17, 15) is 10.5 Å². The molecule has 0 N–H and O–H groups in total. The molecule has 0 amide bonds. The molecule has 31 heavy (non-hydrogen) atoms. The Labute approximate surface area is 189 Å². The second kappa shape index (κ2) is 7.41. The predicted molar refractivity (Wildman–Crippen MR) is 125 cm³/mol. The van der Waals surface area contributed by atoms with Crippen molar-refractivity contribution in [1.29, 1.82) is 21.0 Å². The maximum absolute atomic E-state index is 9.23. The topological polar surface area (TPSA) is 120 Å². The summed E-state index contributed by atoms with van der Waals surface area (Å²) in [7, 11) is 0. The molecule has 3 aromatic rings. The molecule has 1 saturated carbocycles. The zero-order valence-corrected chi connectivity index (χ0v) is 18.5. The minimum absolute atomic E-state index is 0.0944. The molecule has 2 aliphatic carbocycles. The van der Waals surface area contributed by atoms with Crippen LogP contribution in [-0.4, -0.2) is 11.4 Å². The van der Waals surface area contributed by atoms with E-state index in [1.165, 1.54) is 32.7 Å². The maximum Gasteiger partial charge on any atom is 0.219 e. The van der Waals surface area contributed by atoms with E-state index in [0.717, 1.165) is 45.7 Å². The molecular formula is C22H12N6S3. The van der Waals surface area contributed by atoms with Crippen molar-refractivity contribution in [2.75, 3.05) is 0 Å². The van der Waals surface area contributed by atoms with Crippen LogP contribution in [0.15, 0.2) is 21.7 Å². The second-order valence-electron chi connectivity index (χ2n) is 7.42. The minimum atomic E-state index is -0.229. The van der Waals surface area contributed by atoms with Gasteiger partial charge in [0.1, 0.15) is 29.3 Å². The molecule has 0 unspecified atom stereocenters. The molecule has 0 saturated heterocycles. The molecule has 1 spiro atoms. The fraction of sp³-hybridized carbons (Fsp3) is 0.273. The van der Waals surface area contributed by atoms with Crippen LogP contribution in [0.25, 0.3) is 24.9 Å². The summed E-state index contributed by atoms with van der Waals surface area (Å²) in [4.78, 5) is 9.80. The van der Waals surface area contributed by atoms with Gasteiger partial charge in [-0.05, 0) is 25.0 Å². The zero-order valence-electron chi connectivity index (χ0n) is 16.1. The summed E-state index contributed by atoms with van der Waals surface area (Å²) in [5.41, 5.74) is 1.69. The average molecular weight is 457 g/mol. The summed E-state index contributed by atoms with van der Waals surface area (Å²) >= 11 is 4.92. The Hall–Kier alpha value is -3.34. The smallest absolute Gasteiger partial charge is 0.219 e. The lowest BCUT2D eigenvalue weighted by atomic mass is 9.70. The lowest BCUT2D eigenvalue weighted by Crippen LogP contribution is -2.28. The van der Waals surface area contributed by atoms with Gasteiger partial charge in [-0.15, -0.1) is 34.0 Å². The van der Waals surface area contributed by atoms with Gasteiger partial charge in [0.25, 0.3) is 0 Å². The summed E-state index contributed by atoms with van der Waals surface area (Å²) in [6, 6.07) is 9.37. The lowest BCUT2D eigenvalue weighted by Gasteiger charge is -2.35. The Balaban J connectivity index is 1.70. The van der Waals surface area contributed by atoms with Crippen molar-refractivity contribution in [3.05, 3.63) is 22.2 Å². The van der Waals surface area contributed by atoms with E-state index in [2.05, 4.69) is 16.1 Å². The molecule has 9 heteroatoms. The van der Waals surface area contributed by atoms with Gasteiger partial charge in [0.2, 0.25) is 11.4 Å². The van der Waals surface area contributed by atoms with Gasteiger partial charge in [-0.2, -0.15) is 21.0 Å². The molecule has 0 radical (unpaired) electrons. The lowest BCUT2D eigenvalue weighted by molar-refractivity contribution is 0.346. The molecule has 0 bridgehead atoms. The average Bonchev–Trinajstić information content (AvgIpc) is 3.49. The molecule has 0 atom stereocenters. The van der Waals surface area contributed by atoms with Crippen LogP contribution in [0.2, 0.25) is 0 Å². The van der Waals surface area contributed by atoms with Gasteiger partial charge in [-0.3, -0.25) is 0 Å². The van der Waals surface area contributed by atoms with E-state index in [0.29, 0.717) is 5.00 Å². The number of hydrogen-bond donors (Lipinski definition) is 0. The highest BCUT2D eigenvalue weighted by atomic mass is 32.1. The standard InChI is InChI=1S/C22H12N6S3/c23-8-12(9-24)27-16-6-14-18(22(16)4-2-1-3-5-22)20-21(29-14)19-15(30-20)7-17(31-19)28-13(10-25)11-26/h6-7H,1-5H2. The van der Waals surface area contributed by atoms with E-state index in [1.807, 2.05) is 30.3 Å². The third-order valence-corrected chi connectivity index (χ3v) is 9.56. The Morgan fingerprint density at radius 2 is 1.48 bits per heavy atom. The van der Waals surface area contributed by atoms with Crippen LogP contribution in [0, 0.1) is 45.3 Å². The molecule has 3 heterocycles. The van der Waals surface area contributed by atoms with E-state index in [4.69, 9.17) is 10.5 Å². The van der Waals surface area contributed by atoms with Gasteiger partial charge in [-0.1, -0.05) is 19.3 Å². The van der Waals surface area contributed by atoms with Crippen molar-refractivity contribution in [3.63, 3.8) is 0 Å². The number of allylic oxidation sites excluding steroid dienone is 1. The Morgan fingerprint density at radius 3 is 2.16 bits per heavy atom. The molecule has 0 aromatic carbocycles. The van der Waals surface area contributed by atoms with E-state index < -0.39 is 0 Å². The van der Waals surface area contributed by atoms with Crippen LogP contribution in [0.5, 0.6) is 0 Å². The van der Waals surface area contributed by atoms with Crippen LogP contribution < -0.4 is 0 Å². The quantitative estimate of drug-likeness (QED) is 0.418. The molecule has 5 rings (SSSR count). The number of aliphatic imine (C=N–C) groups is 2. The molecule has 3 aromatic heterocycles. The van der Waals surface area contributed by atoms with Crippen LogP contribution in [0.4, 0.5) is 5.00 Å². The van der Waals surface area contributed by atoms with E-state index in [1.54, 1.807) is 22.7 Å². The van der Waals surface area contributed by atoms with Gasteiger partial charge >= 0.3 is 0 Å². The molecule has 1 fully saturated rings. The SMILES string of the molecule is N#CC(C#N)=NC1=Cc2sc3c(sc4cc(N=C(C#N)C#N)sc43)c2C12CCCCC2. The number of thiophene rings is 3. The van der Waals surface area contributed by atoms with Crippen LogP contribution in [0.3, 0.4) is 0 Å². The first kappa shape index (κ1) is 19.6. The van der Waals surface area contributed by atoms with Crippen molar-refractivity contribution in [2.45, 2.75) is 37.5 Å². The zero-order chi connectivity index (χ0) is 21.6. The number of nitriles is 4. The maximum atomic E-state index is 9.23. The molecule has 6 nitrogen and oxygen atoms in total. The largest absolute Gasteiger partial charge is 0.231 e. The summed E-state index contributed by atoms with van der Waals surface area (Å²) in [5.74, 6) is 0. The van der Waals surface area contributed by atoms with E-state index in [-0.39, 0.29) is 16.8 Å². The number of nitrogens with zero attached hydrogens (tertiary/aromatic N) is 6. The molecule has 148 valence electrons. The fourth-order valence-electron chi connectivity index (χ4n) is 4.57. The van der Waals surface area contributed by atoms with Crippen molar-refractivity contribution in [3.8, 4) is 24.3 Å². The van der Waals surface area contributed by atoms with Gasteiger partial charge in [0.05, 0.1) is 19.8 Å².